The molecule has 0 aromatic heterocycles. The molecule has 0 bridgehead atoms. The van der Waals surface area contributed by atoms with Crippen molar-refractivity contribution in [1.29, 1.82) is 5.41 Å². The molecular formula is C40H69N13O17. The Morgan fingerprint density at radius 2 is 1.00 bits per heavy atom. The number of guanidine groups is 1. The predicted molar refractivity (Wildman–Crippen MR) is 242 cm³/mol. The highest BCUT2D eigenvalue weighted by atomic mass is 16.4. The number of hydrogen-bond acceptors (Lipinski definition) is 16. The zero-order valence-electron chi connectivity index (χ0n) is 39.3. The summed E-state index contributed by atoms with van der Waals surface area (Å²) in [7, 11) is 0. The highest BCUT2D eigenvalue weighted by Gasteiger charge is 2.35. The van der Waals surface area contributed by atoms with Gasteiger partial charge in [0.1, 0.15) is 42.3 Å². The average Bonchev–Trinajstić information content (AvgIpc) is 3.25. The van der Waals surface area contributed by atoms with Crippen molar-refractivity contribution in [1.82, 2.24) is 47.9 Å². The van der Waals surface area contributed by atoms with Crippen molar-refractivity contribution in [3.8, 4) is 0 Å². The van der Waals surface area contributed by atoms with Gasteiger partial charge < -0.3 is 90.6 Å². The summed E-state index contributed by atoms with van der Waals surface area (Å²) in [5, 5.41) is 74.7. The fourth-order valence-corrected chi connectivity index (χ4v) is 6.18. The number of carbonyl (C=O) groups excluding carboxylic acids is 8. The molecule has 30 nitrogen and oxygen atoms in total. The third kappa shape index (κ3) is 25.8. The standard InChI is InChI=1S/C40H69N13O17/c1-18(2)12-23(50-38(68)31(19(3)4)53-32(62)20(42)13-28(56)57)36(66)48-22(8-5-6-10-41)35(65)49-24(14-29(58)59)37(67)52-26(17-54)33(63)46-16-27(55)47-21(9-7-11-45-40(43)44)34(64)51-25(39(69)70)15-30(60)61/h18-26,31,54H,5-17,41-42H2,1-4H3,(H,46,63)(H,47,55)(H,48,66)(H,49,65)(H,50,68)(H,51,64)(H,52,67)(H,53,62)(H,56,57)(H,58,59)(H,60,61)(H,69,70)(H4,43,44,45)/t20-,21-,22-,23-,24-,25-,26-,31-/m0/s1. The van der Waals surface area contributed by atoms with E-state index in [1.807, 2.05) is 5.32 Å². The van der Waals surface area contributed by atoms with Crippen molar-refractivity contribution in [2.75, 3.05) is 26.2 Å². The van der Waals surface area contributed by atoms with Gasteiger partial charge in [0.15, 0.2) is 5.96 Å². The Kier molecular flexibility index (Phi) is 29.2. The molecule has 0 rings (SSSR count). The average molecular weight is 1000 g/mol. The number of carboxylic acids is 4. The van der Waals surface area contributed by atoms with Crippen LogP contribution in [0.5, 0.6) is 0 Å². The van der Waals surface area contributed by atoms with Crippen LogP contribution in [0.2, 0.25) is 0 Å². The van der Waals surface area contributed by atoms with E-state index in [0.717, 1.165) is 0 Å². The van der Waals surface area contributed by atoms with E-state index in [1.165, 1.54) is 0 Å². The second-order valence-electron chi connectivity index (χ2n) is 16.7. The Labute approximate surface area is 402 Å². The van der Waals surface area contributed by atoms with Crippen LogP contribution in [0.4, 0.5) is 0 Å². The first kappa shape index (κ1) is 62.8. The number of aliphatic hydroxyl groups excluding tert-OH is 1. The summed E-state index contributed by atoms with van der Waals surface area (Å²) in [5.41, 5.74) is 16.5. The molecule has 0 aromatic rings. The van der Waals surface area contributed by atoms with E-state index in [2.05, 4.69) is 42.5 Å². The maximum Gasteiger partial charge on any atom is 0.326 e. The lowest BCUT2D eigenvalue weighted by Crippen LogP contribution is -2.60. The van der Waals surface area contributed by atoms with E-state index in [9.17, 15) is 72.9 Å². The fourth-order valence-electron chi connectivity index (χ4n) is 6.18. The summed E-state index contributed by atoms with van der Waals surface area (Å²) in [6.07, 6.45) is -2.53. The van der Waals surface area contributed by atoms with Crippen molar-refractivity contribution in [3.05, 3.63) is 0 Å². The second kappa shape index (κ2) is 32.5. The van der Waals surface area contributed by atoms with Crippen molar-refractivity contribution < 1.29 is 83.1 Å². The van der Waals surface area contributed by atoms with Gasteiger partial charge in [-0.2, -0.15) is 0 Å². The third-order valence-electron chi connectivity index (χ3n) is 9.78. The van der Waals surface area contributed by atoms with Crippen molar-refractivity contribution >= 4 is 77.1 Å². The molecule has 70 heavy (non-hydrogen) atoms. The van der Waals surface area contributed by atoms with Gasteiger partial charge in [0.25, 0.3) is 0 Å². The first-order chi connectivity index (χ1) is 32.6. The quantitative estimate of drug-likeness (QED) is 0.0159. The Hall–Kier alpha value is -7.21. The molecule has 21 N–H and O–H groups in total. The lowest BCUT2D eigenvalue weighted by Gasteiger charge is -2.28. The highest BCUT2D eigenvalue weighted by molar-refractivity contribution is 5.98. The van der Waals surface area contributed by atoms with E-state index in [4.69, 9.17) is 32.8 Å². The van der Waals surface area contributed by atoms with Gasteiger partial charge >= 0.3 is 23.9 Å². The lowest BCUT2D eigenvalue weighted by atomic mass is 9.99. The zero-order valence-corrected chi connectivity index (χ0v) is 39.3. The SMILES string of the molecule is CC(C)C[C@H](NC(=O)[C@@H](NC(=O)[C@@H](N)CC(=O)O)C(C)C)C(=O)N[C@@H](CCCCN)C(=O)N[C@@H](CC(=O)O)C(=O)N[C@@H](CO)C(=O)NCC(=O)N[C@@H](CCCNC(=N)N)C(=O)N[C@@H](CC(=O)O)C(=O)O. The summed E-state index contributed by atoms with van der Waals surface area (Å²) in [6.45, 7) is 4.70. The number of nitrogens with one attached hydrogen (secondary N) is 10. The number of hydrogen-bond donors (Lipinski definition) is 18. The number of carbonyl (C=O) groups is 12. The Balaban J connectivity index is 6.21. The molecule has 0 aliphatic rings. The second-order valence-corrected chi connectivity index (χ2v) is 16.7. The number of nitrogens with two attached hydrogens (primary N) is 3. The predicted octanol–water partition coefficient (Wildman–Crippen LogP) is -6.58. The molecule has 30 heteroatoms. The van der Waals surface area contributed by atoms with Crippen LogP contribution < -0.4 is 65.1 Å². The molecule has 396 valence electrons. The molecule has 0 aliphatic heterocycles. The zero-order chi connectivity index (χ0) is 53.8. The molecule has 0 saturated carbocycles. The largest absolute Gasteiger partial charge is 0.481 e. The van der Waals surface area contributed by atoms with Gasteiger partial charge in [-0.15, -0.1) is 0 Å². The Morgan fingerprint density at radius 1 is 0.529 bits per heavy atom. The van der Waals surface area contributed by atoms with E-state index < -0.39 is 164 Å². The third-order valence-corrected chi connectivity index (χ3v) is 9.78. The molecule has 0 saturated heterocycles. The van der Waals surface area contributed by atoms with E-state index in [1.54, 1.807) is 27.7 Å². The van der Waals surface area contributed by atoms with Crippen LogP contribution in [-0.4, -0.2) is 177 Å². The topological polar surface area (TPSA) is 516 Å². The van der Waals surface area contributed by atoms with Crippen LogP contribution >= 0.6 is 0 Å². The summed E-state index contributed by atoms with van der Waals surface area (Å²) >= 11 is 0. The van der Waals surface area contributed by atoms with Crippen molar-refractivity contribution in [3.63, 3.8) is 0 Å². The number of amides is 8. The monoisotopic (exact) mass is 1000 g/mol. The van der Waals surface area contributed by atoms with E-state index in [0.29, 0.717) is 6.42 Å². The summed E-state index contributed by atoms with van der Waals surface area (Å²) in [4.78, 5) is 151. The van der Waals surface area contributed by atoms with Crippen LogP contribution in [0, 0.1) is 17.2 Å². The van der Waals surface area contributed by atoms with Crippen LogP contribution in [-0.2, 0) is 57.5 Å². The summed E-state index contributed by atoms with van der Waals surface area (Å²) in [5.74, 6) is -16.0. The molecular weight excluding hydrogens is 935 g/mol. The molecule has 0 radical (unpaired) electrons. The minimum Gasteiger partial charge on any atom is -0.481 e. The van der Waals surface area contributed by atoms with Gasteiger partial charge in [0.05, 0.1) is 38.5 Å². The van der Waals surface area contributed by atoms with Gasteiger partial charge in [0.2, 0.25) is 47.3 Å². The highest BCUT2D eigenvalue weighted by Crippen LogP contribution is 2.11. The van der Waals surface area contributed by atoms with Crippen LogP contribution in [0.1, 0.15) is 85.5 Å². The van der Waals surface area contributed by atoms with Crippen LogP contribution in [0.25, 0.3) is 0 Å². The molecule has 0 unspecified atom stereocenters. The Bertz CT molecular complexity index is 1870. The van der Waals surface area contributed by atoms with Crippen molar-refractivity contribution in [2.45, 2.75) is 134 Å². The maximum atomic E-state index is 13.8. The maximum absolute atomic E-state index is 13.8. The van der Waals surface area contributed by atoms with E-state index in [-0.39, 0.29) is 51.1 Å². The lowest BCUT2D eigenvalue weighted by molar-refractivity contribution is -0.147. The fraction of sp³-hybridized carbons (Fsp3) is 0.675. The smallest absolute Gasteiger partial charge is 0.326 e. The molecule has 0 spiro atoms. The van der Waals surface area contributed by atoms with E-state index >= 15 is 0 Å². The summed E-state index contributed by atoms with van der Waals surface area (Å²) < 4.78 is 0. The van der Waals surface area contributed by atoms with Gasteiger partial charge in [-0.05, 0) is 56.9 Å². The first-order valence-electron chi connectivity index (χ1n) is 22.1. The van der Waals surface area contributed by atoms with Crippen LogP contribution in [0.15, 0.2) is 0 Å². The van der Waals surface area contributed by atoms with Gasteiger partial charge in [0, 0.05) is 6.54 Å². The molecule has 0 fully saturated rings. The Morgan fingerprint density at radius 3 is 1.50 bits per heavy atom. The molecule has 0 aromatic carbocycles. The first-order valence-corrected chi connectivity index (χ1v) is 22.1. The van der Waals surface area contributed by atoms with Gasteiger partial charge in [-0.1, -0.05) is 27.7 Å². The minimum absolute atomic E-state index is 0.0000225. The normalized spacial score (nSPS) is 14.4. The number of carboxylic acid groups (broad SMARTS) is 4. The molecule has 0 aliphatic carbocycles. The number of aliphatic carboxylic acids is 4. The molecule has 0 heterocycles. The van der Waals surface area contributed by atoms with Gasteiger partial charge in [-0.3, -0.25) is 58.1 Å². The molecule has 8 amide bonds. The number of aliphatic hydroxyl groups is 1. The van der Waals surface area contributed by atoms with Crippen molar-refractivity contribution in [2.24, 2.45) is 29.0 Å². The summed E-state index contributed by atoms with van der Waals surface area (Å²) in [6, 6.07) is -12.8. The molecule has 8 atom stereocenters. The van der Waals surface area contributed by atoms with Crippen LogP contribution in [0.3, 0.4) is 0 Å². The van der Waals surface area contributed by atoms with Gasteiger partial charge in [-0.25, -0.2) is 4.79 Å². The number of unbranched alkanes of at least 4 members (excludes halogenated alkanes) is 1. The minimum atomic E-state index is -1.95. The number of rotatable bonds is 35.